The standard InChI is InChI=1S/C13H24N2O3S/c1-3-15(4-2)11(16)9-19-10-6-5-7-13(14,8-10)12(17)18/h10H,3-9,14H2,1-2H3,(H,17,18). The second-order valence-electron chi connectivity index (χ2n) is 5.06. The maximum absolute atomic E-state index is 11.9. The predicted octanol–water partition coefficient (Wildman–Crippen LogP) is 1.31. The number of amides is 1. The van der Waals surface area contributed by atoms with Gasteiger partial charge in [0.2, 0.25) is 5.91 Å². The van der Waals surface area contributed by atoms with Crippen LogP contribution >= 0.6 is 11.8 Å². The third-order valence-electron chi connectivity index (χ3n) is 3.73. The van der Waals surface area contributed by atoms with Crippen molar-refractivity contribution in [3.05, 3.63) is 0 Å². The van der Waals surface area contributed by atoms with Crippen molar-refractivity contribution in [3.63, 3.8) is 0 Å². The SMILES string of the molecule is CCN(CC)C(=O)CSC1CCCC(N)(C(=O)O)C1. The van der Waals surface area contributed by atoms with Gasteiger partial charge in [-0.15, -0.1) is 11.8 Å². The van der Waals surface area contributed by atoms with Gasteiger partial charge in [-0.3, -0.25) is 9.59 Å². The molecule has 2 atom stereocenters. The summed E-state index contributed by atoms with van der Waals surface area (Å²) in [5.41, 5.74) is 4.80. The average molecular weight is 288 g/mol. The predicted molar refractivity (Wildman–Crippen MR) is 77.2 cm³/mol. The fourth-order valence-corrected chi connectivity index (χ4v) is 3.76. The van der Waals surface area contributed by atoms with Crippen molar-refractivity contribution in [2.24, 2.45) is 5.73 Å². The molecule has 0 aromatic rings. The zero-order chi connectivity index (χ0) is 14.5. The third-order valence-corrected chi connectivity index (χ3v) is 5.01. The van der Waals surface area contributed by atoms with E-state index in [0.29, 0.717) is 18.6 Å². The summed E-state index contributed by atoms with van der Waals surface area (Å²) in [4.78, 5) is 24.8. The van der Waals surface area contributed by atoms with E-state index >= 15 is 0 Å². The molecule has 0 aromatic heterocycles. The molecule has 0 spiro atoms. The summed E-state index contributed by atoms with van der Waals surface area (Å²) >= 11 is 1.55. The molecule has 0 radical (unpaired) electrons. The molecule has 2 unspecified atom stereocenters. The number of carbonyl (C=O) groups excluding carboxylic acids is 1. The molecule has 110 valence electrons. The van der Waals surface area contributed by atoms with Crippen molar-refractivity contribution in [1.82, 2.24) is 4.90 Å². The second kappa shape index (κ2) is 7.14. The van der Waals surface area contributed by atoms with E-state index in [-0.39, 0.29) is 11.2 Å². The van der Waals surface area contributed by atoms with Crippen LogP contribution in [-0.2, 0) is 9.59 Å². The van der Waals surface area contributed by atoms with Crippen molar-refractivity contribution in [3.8, 4) is 0 Å². The lowest BCUT2D eigenvalue weighted by atomic mass is 9.82. The summed E-state index contributed by atoms with van der Waals surface area (Å²) in [7, 11) is 0. The average Bonchev–Trinajstić information content (AvgIpc) is 2.38. The Balaban J connectivity index is 2.45. The van der Waals surface area contributed by atoms with Gasteiger partial charge in [-0.1, -0.05) is 0 Å². The summed E-state index contributed by atoms with van der Waals surface area (Å²) in [6.45, 7) is 5.36. The molecule has 0 saturated heterocycles. The molecule has 1 amide bonds. The van der Waals surface area contributed by atoms with Crippen LogP contribution in [0.3, 0.4) is 0 Å². The lowest BCUT2D eigenvalue weighted by molar-refractivity contribution is -0.144. The van der Waals surface area contributed by atoms with E-state index in [0.717, 1.165) is 25.9 Å². The van der Waals surface area contributed by atoms with E-state index < -0.39 is 11.5 Å². The van der Waals surface area contributed by atoms with Crippen LogP contribution in [0.2, 0.25) is 0 Å². The van der Waals surface area contributed by atoms with Crippen LogP contribution in [0, 0.1) is 0 Å². The van der Waals surface area contributed by atoms with Gasteiger partial charge in [-0.25, -0.2) is 0 Å². The van der Waals surface area contributed by atoms with E-state index in [9.17, 15) is 9.59 Å². The van der Waals surface area contributed by atoms with Crippen LogP contribution in [-0.4, -0.2) is 51.5 Å². The van der Waals surface area contributed by atoms with Crippen molar-refractivity contribution in [2.45, 2.75) is 50.3 Å². The normalized spacial score (nSPS) is 27.0. The lowest BCUT2D eigenvalue weighted by Crippen LogP contribution is -2.52. The molecule has 0 heterocycles. The third kappa shape index (κ3) is 4.38. The number of rotatable bonds is 6. The first-order valence-electron chi connectivity index (χ1n) is 6.84. The smallest absolute Gasteiger partial charge is 0.323 e. The molecule has 1 rings (SSSR count). The number of aliphatic carboxylic acids is 1. The molecule has 1 aliphatic rings. The fraction of sp³-hybridized carbons (Fsp3) is 0.846. The zero-order valence-electron chi connectivity index (χ0n) is 11.7. The molecule has 0 bridgehead atoms. The Morgan fingerprint density at radius 1 is 1.42 bits per heavy atom. The highest BCUT2D eigenvalue weighted by Crippen LogP contribution is 2.33. The van der Waals surface area contributed by atoms with Crippen molar-refractivity contribution < 1.29 is 14.7 Å². The van der Waals surface area contributed by atoms with Gasteiger partial charge in [0, 0.05) is 18.3 Å². The number of nitrogens with two attached hydrogens (primary N) is 1. The van der Waals surface area contributed by atoms with Crippen LogP contribution in [0.1, 0.15) is 39.5 Å². The quantitative estimate of drug-likeness (QED) is 0.770. The van der Waals surface area contributed by atoms with E-state index in [1.54, 1.807) is 16.7 Å². The number of thioether (sulfide) groups is 1. The van der Waals surface area contributed by atoms with Crippen LogP contribution in [0.4, 0.5) is 0 Å². The van der Waals surface area contributed by atoms with Crippen LogP contribution in [0.25, 0.3) is 0 Å². The minimum atomic E-state index is -1.10. The first-order valence-corrected chi connectivity index (χ1v) is 7.89. The molecule has 1 saturated carbocycles. The Morgan fingerprint density at radius 2 is 2.05 bits per heavy atom. The molecule has 1 aliphatic carbocycles. The number of nitrogens with zero attached hydrogens (tertiary/aromatic N) is 1. The van der Waals surface area contributed by atoms with E-state index in [4.69, 9.17) is 10.8 Å². The van der Waals surface area contributed by atoms with Gasteiger partial charge >= 0.3 is 5.97 Å². The number of carboxylic acid groups (broad SMARTS) is 1. The molecule has 3 N–H and O–H groups in total. The highest BCUT2D eigenvalue weighted by atomic mass is 32.2. The number of hydrogen-bond acceptors (Lipinski definition) is 4. The maximum atomic E-state index is 11.9. The van der Waals surface area contributed by atoms with E-state index in [2.05, 4.69) is 0 Å². The van der Waals surface area contributed by atoms with Gasteiger partial charge in [0.25, 0.3) is 0 Å². The van der Waals surface area contributed by atoms with Crippen LogP contribution in [0.5, 0.6) is 0 Å². The minimum absolute atomic E-state index is 0.124. The Labute approximate surface area is 118 Å². The summed E-state index contributed by atoms with van der Waals surface area (Å²) in [5, 5.41) is 9.32. The molecule has 19 heavy (non-hydrogen) atoms. The van der Waals surface area contributed by atoms with Gasteiger partial charge in [-0.2, -0.15) is 0 Å². The Kier molecular flexibility index (Phi) is 6.13. The van der Waals surface area contributed by atoms with Gasteiger partial charge in [0.15, 0.2) is 0 Å². The number of carbonyl (C=O) groups is 2. The minimum Gasteiger partial charge on any atom is -0.480 e. The van der Waals surface area contributed by atoms with Crippen molar-refractivity contribution >= 4 is 23.6 Å². The lowest BCUT2D eigenvalue weighted by Gasteiger charge is -2.34. The highest BCUT2D eigenvalue weighted by Gasteiger charge is 2.39. The molecular weight excluding hydrogens is 264 g/mol. The van der Waals surface area contributed by atoms with Crippen LogP contribution < -0.4 is 5.73 Å². The number of carboxylic acids is 1. The van der Waals surface area contributed by atoms with Gasteiger partial charge in [-0.05, 0) is 39.5 Å². The number of hydrogen-bond donors (Lipinski definition) is 2. The summed E-state index contributed by atoms with van der Waals surface area (Å²) in [5.74, 6) is -0.381. The van der Waals surface area contributed by atoms with Crippen molar-refractivity contribution in [1.29, 1.82) is 0 Å². The summed E-state index contributed by atoms with van der Waals surface area (Å²) in [6.07, 6.45) is 2.75. The molecule has 1 fully saturated rings. The van der Waals surface area contributed by atoms with E-state index in [1.165, 1.54) is 0 Å². The summed E-state index contributed by atoms with van der Waals surface area (Å²) in [6, 6.07) is 0. The summed E-state index contributed by atoms with van der Waals surface area (Å²) < 4.78 is 0. The Morgan fingerprint density at radius 3 is 2.58 bits per heavy atom. The Bertz CT molecular complexity index is 334. The molecular formula is C13H24N2O3S. The molecule has 6 heteroatoms. The second-order valence-corrected chi connectivity index (χ2v) is 6.35. The zero-order valence-corrected chi connectivity index (χ0v) is 12.5. The van der Waals surface area contributed by atoms with Crippen molar-refractivity contribution in [2.75, 3.05) is 18.8 Å². The first kappa shape index (κ1) is 16.3. The molecule has 5 nitrogen and oxygen atoms in total. The maximum Gasteiger partial charge on any atom is 0.323 e. The monoisotopic (exact) mass is 288 g/mol. The molecule has 0 aromatic carbocycles. The topological polar surface area (TPSA) is 83.6 Å². The first-order chi connectivity index (χ1) is 8.92. The van der Waals surface area contributed by atoms with Gasteiger partial charge in [0.1, 0.15) is 5.54 Å². The van der Waals surface area contributed by atoms with E-state index in [1.807, 2.05) is 13.8 Å². The highest BCUT2D eigenvalue weighted by molar-refractivity contribution is 8.00. The van der Waals surface area contributed by atoms with Crippen LogP contribution in [0.15, 0.2) is 0 Å². The van der Waals surface area contributed by atoms with Gasteiger partial charge in [0.05, 0.1) is 5.75 Å². The Hall–Kier alpha value is -0.750. The van der Waals surface area contributed by atoms with Gasteiger partial charge < -0.3 is 15.7 Å². The fourth-order valence-electron chi connectivity index (χ4n) is 2.45. The largest absolute Gasteiger partial charge is 0.480 e. The molecule has 0 aliphatic heterocycles.